The van der Waals surface area contributed by atoms with E-state index < -0.39 is 0 Å². The molecule has 0 atom stereocenters. The summed E-state index contributed by atoms with van der Waals surface area (Å²) in [6.07, 6.45) is 0. The van der Waals surface area contributed by atoms with Crippen molar-refractivity contribution in [2.45, 2.75) is 0 Å². The van der Waals surface area contributed by atoms with E-state index in [0.717, 1.165) is 0 Å². The SMILES string of the molecule is [C-]#[O+].[C-]#[O+].[C-]#[O+].[C-]#[O+].[CH3-].[Mn].[Mn].c1cc[cH-]c1.c1cc[cH-]c1. The van der Waals surface area contributed by atoms with Crippen molar-refractivity contribution < 1.29 is 52.7 Å². The number of hydrogen-bond acceptors (Lipinski definition) is 0. The summed E-state index contributed by atoms with van der Waals surface area (Å²) in [7, 11) is 0. The fourth-order valence-electron chi connectivity index (χ4n) is 0.642. The minimum atomic E-state index is 0. The first kappa shape index (κ1) is 42.7. The fraction of sp³-hybridized carbons (Fsp3) is 0. The third-order valence-corrected chi connectivity index (χ3v) is 1.11. The predicted molar refractivity (Wildman–Crippen MR) is 66.2 cm³/mol. The molecular formula is C15H13Mn2O4-3. The Morgan fingerprint density at radius 1 is 0.476 bits per heavy atom. The molecule has 0 saturated heterocycles. The minimum absolute atomic E-state index is 0. The van der Waals surface area contributed by atoms with Crippen LogP contribution in [0.25, 0.3) is 0 Å². The molecule has 0 aliphatic rings. The molecule has 0 aromatic heterocycles. The quantitative estimate of drug-likeness (QED) is 0.390. The van der Waals surface area contributed by atoms with Crippen molar-refractivity contribution in [2.24, 2.45) is 0 Å². The van der Waals surface area contributed by atoms with Crippen LogP contribution in [0.4, 0.5) is 0 Å². The second-order valence-electron chi connectivity index (χ2n) is 1.92. The van der Waals surface area contributed by atoms with Gasteiger partial charge in [0.25, 0.3) is 0 Å². The molecule has 6 heteroatoms. The topological polar surface area (TPSA) is 79.6 Å². The maximum absolute atomic E-state index is 7.50. The summed E-state index contributed by atoms with van der Waals surface area (Å²) in [6.45, 7) is 18.0. The Morgan fingerprint density at radius 3 is 0.667 bits per heavy atom. The van der Waals surface area contributed by atoms with Crippen molar-refractivity contribution in [3.8, 4) is 0 Å². The average molecular weight is 367 g/mol. The number of hydrogen-bond donors (Lipinski definition) is 0. The van der Waals surface area contributed by atoms with E-state index in [1.54, 1.807) is 0 Å². The minimum Gasteiger partial charge on any atom is -0.358 e. The second kappa shape index (κ2) is 77.4. The first-order valence-electron chi connectivity index (χ1n) is 4.15. The molecule has 0 saturated carbocycles. The van der Waals surface area contributed by atoms with Gasteiger partial charge in [-0.1, -0.05) is 0 Å². The summed E-state index contributed by atoms with van der Waals surface area (Å²) in [5, 5.41) is 0. The molecule has 0 N–H and O–H groups in total. The van der Waals surface area contributed by atoms with Crippen LogP contribution in [0.5, 0.6) is 0 Å². The van der Waals surface area contributed by atoms with Crippen LogP contribution in [0.1, 0.15) is 0 Å². The van der Waals surface area contributed by atoms with Gasteiger partial charge < -0.3 is 7.43 Å². The van der Waals surface area contributed by atoms with Crippen molar-refractivity contribution >= 4 is 0 Å². The molecule has 0 spiro atoms. The van der Waals surface area contributed by atoms with Crippen LogP contribution < -0.4 is 0 Å². The number of rotatable bonds is 0. The fourth-order valence-corrected chi connectivity index (χ4v) is 0.642. The van der Waals surface area contributed by atoms with E-state index in [1.807, 2.05) is 60.7 Å². The Morgan fingerprint density at radius 2 is 0.619 bits per heavy atom. The molecular weight excluding hydrogens is 354 g/mol. The van der Waals surface area contributed by atoms with E-state index in [9.17, 15) is 0 Å². The maximum atomic E-state index is 7.50. The molecule has 0 fully saturated rings. The van der Waals surface area contributed by atoms with Gasteiger partial charge in [0.15, 0.2) is 0 Å². The molecule has 0 amide bonds. The van der Waals surface area contributed by atoms with E-state index >= 15 is 0 Å². The molecule has 0 aliphatic heterocycles. The van der Waals surface area contributed by atoms with Crippen LogP contribution in [0, 0.1) is 34.0 Å². The van der Waals surface area contributed by atoms with Gasteiger partial charge in [-0.05, 0) is 0 Å². The zero-order valence-corrected chi connectivity index (χ0v) is 13.5. The van der Waals surface area contributed by atoms with E-state index in [-0.39, 0.29) is 41.6 Å². The summed E-state index contributed by atoms with van der Waals surface area (Å²) in [4.78, 5) is 0. The van der Waals surface area contributed by atoms with Crippen molar-refractivity contribution in [2.75, 3.05) is 0 Å². The molecule has 0 unspecified atom stereocenters. The third kappa shape index (κ3) is 68.9. The molecule has 2 rings (SSSR count). The molecule has 0 heterocycles. The van der Waals surface area contributed by atoms with Crippen molar-refractivity contribution in [3.05, 3.63) is 94.7 Å². The zero-order chi connectivity index (χ0) is 15.1. The van der Waals surface area contributed by atoms with Crippen molar-refractivity contribution in [1.82, 2.24) is 0 Å². The summed E-state index contributed by atoms with van der Waals surface area (Å²) in [5.74, 6) is 0. The summed E-state index contributed by atoms with van der Waals surface area (Å²) >= 11 is 0. The van der Waals surface area contributed by atoms with E-state index in [2.05, 4.69) is 26.6 Å². The monoisotopic (exact) mass is 367 g/mol. The Kier molecular flexibility index (Phi) is 157. The van der Waals surface area contributed by atoms with Crippen LogP contribution in [-0.2, 0) is 52.7 Å². The van der Waals surface area contributed by atoms with Gasteiger partial charge in [0, 0.05) is 34.1 Å². The van der Waals surface area contributed by atoms with Crippen LogP contribution in [0.3, 0.4) is 0 Å². The summed E-state index contributed by atoms with van der Waals surface area (Å²) in [6, 6.07) is 20.0. The van der Waals surface area contributed by atoms with Gasteiger partial charge in [-0.15, -0.1) is 0 Å². The average Bonchev–Trinajstić information content (AvgIpc) is 3.25. The summed E-state index contributed by atoms with van der Waals surface area (Å²) < 4.78 is 30.0. The van der Waals surface area contributed by atoms with Crippen LogP contribution in [0.2, 0.25) is 0 Å². The van der Waals surface area contributed by atoms with Gasteiger partial charge >= 0.3 is 45.2 Å². The summed E-state index contributed by atoms with van der Waals surface area (Å²) in [5.41, 5.74) is 0. The standard InChI is InChI=1S/2C5H5.4CO.CH3.2Mn/c2*1-2-4-5-3-1;4*1-2;;;/h2*1-5H;;;;;1H3;;/q2*-1;;;;;-1;;. The molecule has 2 radical (unpaired) electrons. The zero-order valence-electron chi connectivity index (χ0n) is 11.2. The molecule has 114 valence electrons. The van der Waals surface area contributed by atoms with E-state index in [4.69, 9.17) is 18.6 Å². The third-order valence-electron chi connectivity index (χ3n) is 1.11. The van der Waals surface area contributed by atoms with Crippen LogP contribution >= 0.6 is 0 Å². The molecule has 21 heavy (non-hydrogen) atoms. The van der Waals surface area contributed by atoms with Gasteiger partial charge in [-0.3, -0.25) is 0 Å². The first-order chi connectivity index (χ1) is 9.00. The van der Waals surface area contributed by atoms with E-state index in [1.165, 1.54) is 0 Å². The largest absolute Gasteiger partial charge is 0.358 e. The van der Waals surface area contributed by atoms with Crippen molar-refractivity contribution in [1.29, 1.82) is 0 Å². The Bertz CT molecular complexity index is 275. The Hall–Kier alpha value is -1.30. The van der Waals surface area contributed by atoms with Crippen molar-refractivity contribution in [3.63, 3.8) is 0 Å². The van der Waals surface area contributed by atoms with Crippen LogP contribution in [-0.4, -0.2) is 0 Å². The van der Waals surface area contributed by atoms with Gasteiger partial charge in [-0.25, -0.2) is 24.3 Å². The van der Waals surface area contributed by atoms with Gasteiger partial charge in [-0.2, -0.15) is 36.4 Å². The maximum Gasteiger partial charge on any atom is 0 e. The molecule has 2 aromatic carbocycles. The second-order valence-corrected chi connectivity index (χ2v) is 1.92. The molecule has 0 aliphatic carbocycles. The normalized spacial score (nSPS) is 4.19. The molecule has 2 aromatic rings. The van der Waals surface area contributed by atoms with Gasteiger partial charge in [0.2, 0.25) is 0 Å². The first-order valence-corrected chi connectivity index (χ1v) is 4.15. The van der Waals surface area contributed by atoms with E-state index in [0.29, 0.717) is 0 Å². The predicted octanol–water partition coefficient (Wildman–Crippen LogP) is 3.11. The Balaban J connectivity index is -0.0000000234. The molecule has 4 nitrogen and oxygen atoms in total. The van der Waals surface area contributed by atoms with Crippen LogP contribution in [0.15, 0.2) is 60.7 Å². The Labute approximate surface area is 147 Å². The van der Waals surface area contributed by atoms with Gasteiger partial charge in [0.1, 0.15) is 0 Å². The van der Waals surface area contributed by atoms with Gasteiger partial charge in [0.05, 0.1) is 0 Å². The molecule has 0 bridgehead atoms. The smallest absolute Gasteiger partial charge is 0 e.